The molecule has 1 unspecified atom stereocenters. The van der Waals surface area contributed by atoms with Crippen molar-refractivity contribution in [1.29, 1.82) is 0 Å². The first-order valence-electron chi connectivity index (χ1n) is 6.80. The van der Waals surface area contributed by atoms with Crippen LogP contribution in [0.3, 0.4) is 0 Å². The summed E-state index contributed by atoms with van der Waals surface area (Å²) in [5.74, 6) is -0.214. The topological polar surface area (TPSA) is 26.0 Å². The third kappa shape index (κ3) is 4.15. The zero-order valence-electron chi connectivity index (χ0n) is 11.6. The van der Waals surface area contributed by atoms with Crippen molar-refractivity contribution in [3.05, 3.63) is 69.4 Å². The van der Waals surface area contributed by atoms with Crippen LogP contribution in [-0.2, 0) is 12.8 Å². The number of aryl methyl sites for hydroxylation is 2. The maximum Gasteiger partial charge on any atom is 0.123 e. The molecular weight excluding hydrogens is 317 g/mol. The Morgan fingerprint density at radius 1 is 1.15 bits per heavy atom. The normalized spacial score (nSPS) is 12.4. The lowest BCUT2D eigenvalue weighted by Crippen LogP contribution is -2.23. The molecule has 0 heterocycles. The highest BCUT2D eigenvalue weighted by molar-refractivity contribution is 9.10. The van der Waals surface area contributed by atoms with Crippen LogP contribution >= 0.6 is 15.9 Å². The average molecular weight is 336 g/mol. The average Bonchev–Trinajstić information content (AvgIpc) is 2.42. The van der Waals surface area contributed by atoms with Crippen LogP contribution in [0, 0.1) is 12.7 Å². The molecule has 0 fully saturated rings. The van der Waals surface area contributed by atoms with Crippen molar-refractivity contribution in [3.63, 3.8) is 0 Å². The van der Waals surface area contributed by atoms with E-state index in [2.05, 4.69) is 41.1 Å². The number of rotatable bonds is 5. The molecule has 1 nitrogen and oxygen atoms in total. The van der Waals surface area contributed by atoms with Crippen molar-refractivity contribution < 1.29 is 4.39 Å². The molecule has 2 rings (SSSR count). The summed E-state index contributed by atoms with van der Waals surface area (Å²) in [7, 11) is 0. The van der Waals surface area contributed by atoms with Gasteiger partial charge in [-0.25, -0.2) is 4.39 Å². The molecule has 0 aliphatic carbocycles. The van der Waals surface area contributed by atoms with Gasteiger partial charge in [0.1, 0.15) is 5.82 Å². The molecule has 0 saturated carbocycles. The largest absolute Gasteiger partial charge is 0.327 e. The molecule has 0 amide bonds. The lowest BCUT2D eigenvalue weighted by Gasteiger charge is -2.14. The summed E-state index contributed by atoms with van der Waals surface area (Å²) in [6.07, 6.45) is 2.54. The van der Waals surface area contributed by atoms with E-state index in [0.717, 1.165) is 22.9 Å². The van der Waals surface area contributed by atoms with Gasteiger partial charge in [0.05, 0.1) is 0 Å². The fourth-order valence-corrected chi connectivity index (χ4v) is 2.72. The molecule has 2 N–H and O–H groups in total. The monoisotopic (exact) mass is 335 g/mol. The smallest absolute Gasteiger partial charge is 0.123 e. The van der Waals surface area contributed by atoms with E-state index in [4.69, 9.17) is 5.73 Å². The van der Waals surface area contributed by atoms with Gasteiger partial charge in [0.15, 0.2) is 0 Å². The van der Waals surface area contributed by atoms with Gasteiger partial charge in [0, 0.05) is 10.5 Å². The zero-order chi connectivity index (χ0) is 14.5. The fraction of sp³-hybridized carbons (Fsp3) is 0.294. The van der Waals surface area contributed by atoms with Gasteiger partial charge in [-0.3, -0.25) is 0 Å². The van der Waals surface area contributed by atoms with Gasteiger partial charge in [-0.05, 0) is 61.1 Å². The molecule has 0 bridgehead atoms. The second kappa shape index (κ2) is 7.00. The predicted molar refractivity (Wildman–Crippen MR) is 85.3 cm³/mol. The first-order chi connectivity index (χ1) is 9.56. The van der Waals surface area contributed by atoms with Gasteiger partial charge in [-0.1, -0.05) is 40.2 Å². The van der Waals surface area contributed by atoms with Crippen LogP contribution in [0.2, 0.25) is 0 Å². The van der Waals surface area contributed by atoms with E-state index in [9.17, 15) is 4.39 Å². The summed E-state index contributed by atoms with van der Waals surface area (Å²) in [5.41, 5.74) is 9.74. The van der Waals surface area contributed by atoms with E-state index in [1.807, 2.05) is 6.07 Å². The van der Waals surface area contributed by atoms with Crippen molar-refractivity contribution in [2.24, 2.45) is 5.73 Å². The Kier molecular flexibility index (Phi) is 5.32. The van der Waals surface area contributed by atoms with Crippen LogP contribution in [0.4, 0.5) is 4.39 Å². The number of benzene rings is 2. The Hall–Kier alpha value is -1.19. The van der Waals surface area contributed by atoms with E-state index in [0.29, 0.717) is 6.42 Å². The van der Waals surface area contributed by atoms with Crippen molar-refractivity contribution >= 4 is 15.9 Å². The van der Waals surface area contributed by atoms with Crippen LogP contribution in [-0.4, -0.2) is 6.04 Å². The first kappa shape index (κ1) is 15.2. The highest BCUT2D eigenvalue weighted by atomic mass is 79.9. The van der Waals surface area contributed by atoms with Gasteiger partial charge in [-0.15, -0.1) is 0 Å². The molecule has 0 saturated heterocycles. The predicted octanol–water partition coefficient (Wildman–Crippen LogP) is 4.40. The zero-order valence-corrected chi connectivity index (χ0v) is 13.2. The summed E-state index contributed by atoms with van der Waals surface area (Å²) in [6.45, 7) is 2.12. The van der Waals surface area contributed by atoms with Crippen LogP contribution in [0.15, 0.2) is 46.9 Å². The Bertz CT molecular complexity index is 583. The van der Waals surface area contributed by atoms with E-state index >= 15 is 0 Å². The van der Waals surface area contributed by atoms with E-state index < -0.39 is 0 Å². The van der Waals surface area contributed by atoms with Crippen molar-refractivity contribution in [2.75, 3.05) is 0 Å². The Labute approximate surface area is 128 Å². The van der Waals surface area contributed by atoms with E-state index in [1.165, 1.54) is 17.2 Å². The van der Waals surface area contributed by atoms with Crippen LogP contribution in [0.25, 0.3) is 0 Å². The maximum atomic E-state index is 13.2. The number of halogens is 2. The Morgan fingerprint density at radius 2 is 1.90 bits per heavy atom. The van der Waals surface area contributed by atoms with Gasteiger partial charge in [0.25, 0.3) is 0 Å². The van der Waals surface area contributed by atoms with E-state index in [1.54, 1.807) is 12.1 Å². The minimum atomic E-state index is -0.214. The second-order valence-electron chi connectivity index (χ2n) is 5.17. The van der Waals surface area contributed by atoms with E-state index in [-0.39, 0.29) is 11.9 Å². The molecule has 3 heteroatoms. The molecule has 0 aliphatic rings. The number of nitrogens with two attached hydrogens (primary N) is 1. The van der Waals surface area contributed by atoms with Crippen LogP contribution < -0.4 is 5.73 Å². The van der Waals surface area contributed by atoms with Gasteiger partial charge < -0.3 is 5.73 Å². The fourth-order valence-electron chi connectivity index (χ4n) is 2.32. The first-order valence-corrected chi connectivity index (χ1v) is 7.59. The molecular formula is C17H19BrFN. The van der Waals surface area contributed by atoms with Gasteiger partial charge in [-0.2, -0.15) is 0 Å². The summed E-state index contributed by atoms with van der Waals surface area (Å²) < 4.78 is 14.2. The molecule has 2 aromatic carbocycles. The summed E-state index contributed by atoms with van der Waals surface area (Å²) in [5, 5.41) is 0. The highest BCUT2D eigenvalue weighted by Crippen LogP contribution is 2.20. The standard InChI is InChI=1S/C17H19BrFN/c1-12-4-2-3-5-13(12)6-8-16(20)11-14-10-15(19)7-9-17(14)18/h2-5,7,9-10,16H,6,8,11,20H2,1H3. The van der Waals surface area contributed by atoms with Crippen molar-refractivity contribution in [2.45, 2.75) is 32.2 Å². The molecule has 20 heavy (non-hydrogen) atoms. The quantitative estimate of drug-likeness (QED) is 0.860. The molecule has 2 aromatic rings. The maximum absolute atomic E-state index is 13.2. The second-order valence-corrected chi connectivity index (χ2v) is 6.02. The molecule has 0 aliphatic heterocycles. The van der Waals surface area contributed by atoms with Gasteiger partial charge in [0.2, 0.25) is 0 Å². The molecule has 0 aromatic heterocycles. The number of hydrogen-bond acceptors (Lipinski definition) is 1. The molecule has 1 atom stereocenters. The van der Waals surface area contributed by atoms with Gasteiger partial charge >= 0.3 is 0 Å². The summed E-state index contributed by atoms with van der Waals surface area (Å²) in [6, 6.07) is 13.1. The van der Waals surface area contributed by atoms with Crippen molar-refractivity contribution in [3.8, 4) is 0 Å². The van der Waals surface area contributed by atoms with Crippen molar-refractivity contribution in [1.82, 2.24) is 0 Å². The third-order valence-corrected chi connectivity index (χ3v) is 4.31. The third-order valence-electron chi connectivity index (χ3n) is 3.54. The van der Waals surface area contributed by atoms with Crippen LogP contribution in [0.5, 0.6) is 0 Å². The lowest BCUT2D eigenvalue weighted by atomic mass is 9.97. The lowest BCUT2D eigenvalue weighted by molar-refractivity contribution is 0.597. The molecule has 106 valence electrons. The summed E-state index contributed by atoms with van der Waals surface area (Å²) in [4.78, 5) is 0. The minimum absolute atomic E-state index is 0.0349. The highest BCUT2D eigenvalue weighted by Gasteiger charge is 2.09. The SMILES string of the molecule is Cc1ccccc1CCC(N)Cc1cc(F)ccc1Br. The Balaban J connectivity index is 1.94. The summed E-state index contributed by atoms with van der Waals surface area (Å²) >= 11 is 3.44. The Morgan fingerprint density at radius 3 is 2.65 bits per heavy atom. The minimum Gasteiger partial charge on any atom is -0.327 e. The number of hydrogen-bond donors (Lipinski definition) is 1. The van der Waals surface area contributed by atoms with Crippen LogP contribution in [0.1, 0.15) is 23.1 Å². The molecule has 0 spiro atoms. The molecule has 0 radical (unpaired) electrons.